The number of fused-ring (bicyclic) bond motifs is 2. The summed E-state index contributed by atoms with van der Waals surface area (Å²) in [5.74, 6) is 4.90. The molecule has 0 saturated heterocycles. The van der Waals surface area contributed by atoms with E-state index >= 15 is 0 Å². The van der Waals surface area contributed by atoms with Crippen LogP contribution in [0.1, 0.15) is 25.0 Å². The van der Waals surface area contributed by atoms with Crippen LogP contribution in [0.25, 0.3) is 79.5 Å². The Morgan fingerprint density at radius 2 is 0.707 bits per heavy atom. The molecule has 0 spiro atoms. The van der Waals surface area contributed by atoms with Gasteiger partial charge >= 0.3 is 0 Å². The number of benzene rings is 7. The van der Waals surface area contributed by atoms with Crippen LogP contribution in [-0.2, 0) is 5.41 Å². The van der Waals surface area contributed by atoms with Gasteiger partial charge in [-0.2, -0.15) is 0 Å². The number of rotatable bonds is 7. The van der Waals surface area contributed by atoms with E-state index in [0.717, 1.165) is 67.1 Å². The van der Waals surface area contributed by atoms with Crippen LogP contribution in [0.15, 0.2) is 182 Å². The lowest BCUT2D eigenvalue weighted by Crippen LogP contribution is -2.24. The second kappa shape index (κ2) is 14.5. The monoisotopic (exact) mass is 748 g/mol. The Bertz CT molecular complexity index is 2930. The van der Waals surface area contributed by atoms with Crippen LogP contribution < -0.4 is 4.74 Å². The predicted octanol–water partition coefficient (Wildman–Crippen LogP) is 12.2. The number of para-hydroxylation sites is 2. The topological polar surface area (TPSA) is 86.6 Å². The molecule has 10 rings (SSSR count). The Labute approximate surface area is 336 Å². The van der Waals surface area contributed by atoms with Crippen LogP contribution in [0.2, 0.25) is 0 Å². The van der Waals surface area contributed by atoms with Gasteiger partial charge in [0.1, 0.15) is 11.5 Å². The lowest BCUT2D eigenvalue weighted by atomic mass is 9.75. The van der Waals surface area contributed by atoms with E-state index in [1.807, 2.05) is 121 Å². The van der Waals surface area contributed by atoms with Crippen LogP contribution in [0, 0.1) is 0 Å². The highest BCUT2D eigenvalue weighted by Crippen LogP contribution is 2.50. The molecule has 0 aliphatic carbocycles. The van der Waals surface area contributed by atoms with Crippen LogP contribution in [0.5, 0.6) is 11.5 Å². The largest absolute Gasteiger partial charge is 0.456 e. The molecule has 9 aromatic rings. The third kappa shape index (κ3) is 6.48. The van der Waals surface area contributed by atoms with E-state index in [9.17, 15) is 0 Å². The number of aromatic nitrogens is 6. The number of nitrogens with zero attached hydrogens (tertiary/aromatic N) is 6. The quantitative estimate of drug-likeness (QED) is 0.160. The molecule has 0 amide bonds. The molecule has 0 atom stereocenters. The second-order valence-electron chi connectivity index (χ2n) is 14.8. The molecule has 0 bridgehead atoms. The van der Waals surface area contributed by atoms with Crippen molar-refractivity contribution in [1.29, 1.82) is 0 Å². The molecule has 0 radical (unpaired) electrons. The van der Waals surface area contributed by atoms with Gasteiger partial charge in [-0.05, 0) is 29.3 Å². The van der Waals surface area contributed by atoms with Gasteiger partial charge in [0.25, 0.3) is 0 Å². The molecule has 7 heteroatoms. The zero-order valence-corrected chi connectivity index (χ0v) is 31.9. The van der Waals surface area contributed by atoms with Crippen LogP contribution in [0.4, 0.5) is 0 Å². The van der Waals surface area contributed by atoms with Crippen LogP contribution in [-0.4, -0.2) is 29.9 Å². The summed E-state index contributed by atoms with van der Waals surface area (Å²) >= 11 is 0. The molecule has 0 fully saturated rings. The van der Waals surface area contributed by atoms with E-state index in [4.69, 9.17) is 34.6 Å². The summed E-state index contributed by atoms with van der Waals surface area (Å²) in [4.78, 5) is 30.3. The van der Waals surface area contributed by atoms with Crippen molar-refractivity contribution < 1.29 is 4.74 Å². The number of ether oxygens (including phenoxy) is 1. The van der Waals surface area contributed by atoms with Crippen molar-refractivity contribution in [2.75, 3.05) is 0 Å². The van der Waals surface area contributed by atoms with Gasteiger partial charge in [-0.25, -0.2) is 29.9 Å². The minimum atomic E-state index is -0.293. The fourth-order valence-corrected chi connectivity index (χ4v) is 7.57. The lowest BCUT2D eigenvalue weighted by molar-refractivity contribution is 0.419. The average Bonchev–Trinajstić information content (AvgIpc) is 3.29. The fraction of sp³-hybridized carbons (Fsp3) is 0.0588. The van der Waals surface area contributed by atoms with E-state index in [0.29, 0.717) is 34.9 Å². The predicted molar refractivity (Wildman–Crippen MR) is 230 cm³/mol. The van der Waals surface area contributed by atoms with E-state index in [-0.39, 0.29) is 5.41 Å². The van der Waals surface area contributed by atoms with Gasteiger partial charge in [0, 0.05) is 44.4 Å². The summed E-state index contributed by atoms with van der Waals surface area (Å²) in [6.45, 7) is 4.46. The molecule has 1 aliphatic rings. The molecule has 7 aromatic carbocycles. The molecule has 1 aliphatic heterocycles. The SMILES string of the molecule is CC1(C)c2ccccc2Oc2c(-c3nc(-c4ccccc4)nc(-c4cccc(-c5nc(-c6ccccc6)nc(-c6ccc(-c7ccccc7)cc6)n5)c4)n3)cccc21. The lowest BCUT2D eigenvalue weighted by Gasteiger charge is -2.35. The van der Waals surface area contributed by atoms with Crippen molar-refractivity contribution in [3.8, 4) is 91.0 Å². The molecule has 58 heavy (non-hydrogen) atoms. The van der Waals surface area contributed by atoms with Gasteiger partial charge in [-0.1, -0.05) is 178 Å². The molecule has 0 unspecified atom stereocenters. The van der Waals surface area contributed by atoms with Crippen molar-refractivity contribution in [3.05, 3.63) is 193 Å². The second-order valence-corrected chi connectivity index (χ2v) is 14.8. The zero-order valence-electron chi connectivity index (χ0n) is 31.9. The molecule has 2 aromatic heterocycles. The average molecular weight is 749 g/mol. The van der Waals surface area contributed by atoms with Gasteiger partial charge in [-0.15, -0.1) is 0 Å². The van der Waals surface area contributed by atoms with Gasteiger partial charge in [0.15, 0.2) is 34.9 Å². The molecule has 0 saturated carbocycles. The smallest absolute Gasteiger partial charge is 0.167 e. The Morgan fingerprint density at radius 1 is 0.328 bits per heavy atom. The van der Waals surface area contributed by atoms with E-state index < -0.39 is 0 Å². The summed E-state index contributed by atoms with van der Waals surface area (Å²) in [5.41, 5.74) is 9.27. The first-order valence-electron chi connectivity index (χ1n) is 19.3. The number of hydrogen-bond acceptors (Lipinski definition) is 7. The zero-order chi connectivity index (χ0) is 39.1. The normalized spacial score (nSPS) is 12.6. The van der Waals surface area contributed by atoms with Crippen LogP contribution in [0.3, 0.4) is 0 Å². The molecule has 7 nitrogen and oxygen atoms in total. The highest BCUT2D eigenvalue weighted by molar-refractivity contribution is 5.76. The Kier molecular flexibility index (Phi) is 8.68. The first kappa shape index (κ1) is 34.8. The maximum Gasteiger partial charge on any atom is 0.167 e. The van der Waals surface area contributed by atoms with E-state index in [1.54, 1.807) is 0 Å². The van der Waals surface area contributed by atoms with E-state index in [1.165, 1.54) is 0 Å². The first-order chi connectivity index (χ1) is 28.5. The Hall–Kier alpha value is -7.64. The third-order valence-electron chi connectivity index (χ3n) is 10.7. The fourth-order valence-electron chi connectivity index (χ4n) is 7.57. The molecule has 276 valence electrons. The van der Waals surface area contributed by atoms with Crippen molar-refractivity contribution in [2.45, 2.75) is 19.3 Å². The Balaban J connectivity index is 1.10. The van der Waals surface area contributed by atoms with E-state index in [2.05, 4.69) is 74.5 Å². The van der Waals surface area contributed by atoms with Crippen molar-refractivity contribution in [1.82, 2.24) is 29.9 Å². The van der Waals surface area contributed by atoms with Crippen LogP contribution >= 0.6 is 0 Å². The van der Waals surface area contributed by atoms with Crippen molar-refractivity contribution in [2.24, 2.45) is 0 Å². The minimum absolute atomic E-state index is 0.293. The van der Waals surface area contributed by atoms with Gasteiger partial charge < -0.3 is 4.74 Å². The summed E-state index contributed by atoms with van der Waals surface area (Å²) in [6.07, 6.45) is 0. The molecule has 3 heterocycles. The summed E-state index contributed by atoms with van der Waals surface area (Å²) in [6, 6.07) is 61.1. The highest BCUT2D eigenvalue weighted by Gasteiger charge is 2.36. The van der Waals surface area contributed by atoms with Gasteiger partial charge in [-0.3, -0.25) is 0 Å². The Morgan fingerprint density at radius 3 is 1.28 bits per heavy atom. The van der Waals surface area contributed by atoms with Gasteiger partial charge in [0.05, 0.1) is 5.56 Å². The van der Waals surface area contributed by atoms with Gasteiger partial charge in [0.2, 0.25) is 0 Å². The van der Waals surface area contributed by atoms with Crippen molar-refractivity contribution >= 4 is 0 Å². The molecular formula is C51H36N6O. The maximum atomic E-state index is 6.67. The minimum Gasteiger partial charge on any atom is -0.456 e. The molecule has 0 N–H and O–H groups in total. The number of hydrogen-bond donors (Lipinski definition) is 0. The van der Waals surface area contributed by atoms with Crippen molar-refractivity contribution in [3.63, 3.8) is 0 Å². The summed E-state index contributed by atoms with van der Waals surface area (Å²) in [7, 11) is 0. The standard InChI is InChI=1S/C51H36N6O/c1-51(2)41-25-12-13-27-43(41)58-44-40(24-15-26-42(44)51)50-56-46(36-20-10-5-11-21-36)54-49(57-50)39-23-14-22-38(32-39)48-53-45(35-18-8-4-9-19-35)52-47(55-48)37-30-28-34(29-31-37)33-16-6-3-7-17-33/h3-32H,1-2H3. The first-order valence-corrected chi connectivity index (χ1v) is 19.3. The summed E-state index contributed by atoms with van der Waals surface area (Å²) < 4.78 is 6.67. The molecular weight excluding hydrogens is 713 g/mol. The maximum absolute atomic E-state index is 6.67. The third-order valence-corrected chi connectivity index (χ3v) is 10.7. The summed E-state index contributed by atoms with van der Waals surface area (Å²) in [5, 5.41) is 0. The highest BCUT2D eigenvalue weighted by atomic mass is 16.5.